The number of hydrazine groups is 3. The second kappa shape index (κ2) is 6.14. The number of nitrogens with zero attached hydrogens (tertiary/aromatic N) is 1. The van der Waals surface area contributed by atoms with Gasteiger partial charge in [0.05, 0.1) is 20.6 Å². The van der Waals surface area contributed by atoms with Crippen molar-refractivity contribution in [2.75, 3.05) is 0 Å². The summed E-state index contributed by atoms with van der Waals surface area (Å²) in [7, 11) is 0. The number of aromatic nitrogens is 1. The molecule has 2 aromatic rings. The van der Waals surface area contributed by atoms with Gasteiger partial charge >= 0.3 is 0 Å². The fourth-order valence-electron chi connectivity index (χ4n) is 3.43. The number of carbonyl (C=O) groups is 1. The average molecular weight is 332 g/mol. The minimum Gasteiger partial charge on any atom is -0.326 e. The van der Waals surface area contributed by atoms with Crippen LogP contribution in [-0.4, -0.2) is 17.2 Å². The molecule has 2 heterocycles. The number of carbonyl (C=O) groups excluding carboxylic acids is 1. The Morgan fingerprint density at radius 3 is 2.74 bits per heavy atom. The van der Waals surface area contributed by atoms with Gasteiger partial charge in [0.15, 0.2) is 6.29 Å². The highest BCUT2D eigenvalue weighted by Gasteiger charge is 2.42. The maximum absolute atomic E-state index is 12.9. The van der Waals surface area contributed by atoms with Gasteiger partial charge in [0.25, 0.3) is 0 Å². The minimum atomic E-state index is -0.347. The lowest BCUT2D eigenvalue weighted by molar-refractivity contribution is -0.132. The number of fused-ring (bicyclic) bond motifs is 1. The van der Waals surface area contributed by atoms with Crippen molar-refractivity contribution in [3.05, 3.63) is 29.3 Å². The van der Waals surface area contributed by atoms with Gasteiger partial charge in [0.1, 0.15) is 0 Å². The number of nitrogens with one attached hydrogen (secondary N) is 5. The molecule has 1 saturated carbocycles. The molecule has 1 amide bonds. The first-order valence-corrected chi connectivity index (χ1v) is 8.73. The van der Waals surface area contributed by atoms with Crippen LogP contribution in [0.25, 0.3) is 10.2 Å². The summed E-state index contributed by atoms with van der Waals surface area (Å²) in [5.74, 6) is 0.0877. The fraction of sp³-hybridized carbons (Fsp3) is 0.467. The number of para-hydroxylation sites is 1. The summed E-state index contributed by atoms with van der Waals surface area (Å²) in [5, 5.41) is 4.05. The zero-order valence-corrected chi connectivity index (χ0v) is 13.5. The molecule has 8 heteroatoms. The molecule has 0 spiro atoms. The van der Waals surface area contributed by atoms with E-state index in [0.717, 1.165) is 36.2 Å². The zero-order chi connectivity index (χ0) is 15.7. The normalized spacial score (nSPS) is 21.0. The third kappa shape index (κ3) is 2.96. The number of amides is 1. The summed E-state index contributed by atoms with van der Waals surface area (Å²) in [6.45, 7) is 0. The molecule has 2 fully saturated rings. The van der Waals surface area contributed by atoms with Crippen molar-refractivity contribution in [3.8, 4) is 0 Å². The van der Waals surface area contributed by atoms with Gasteiger partial charge in [-0.3, -0.25) is 4.79 Å². The van der Waals surface area contributed by atoms with E-state index in [1.54, 1.807) is 11.3 Å². The van der Waals surface area contributed by atoms with E-state index >= 15 is 0 Å². The lowest BCUT2D eigenvalue weighted by atomic mass is 9.82. The quantitative estimate of drug-likeness (QED) is 0.572. The molecular formula is C15H20N6OS. The van der Waals surface area contributed by atoms with E-state index in [2.05, 4.69) is 33.3 Å². The van der Waals surface area contributed by atoms with E-state index in [1.165, 1.54) is 4.70 Å². The van der Waals surface area contributed by atoms with Crippen LogP contribution in [0.5, 0.6) is 0 Å². The molecule has 1 aromatic carbocycles. The Morgan fingerprint density at radius 1 is 1.26 bits per heavy atom. The van der Waals surface area contributed by atoms with Gasteiger partial charge < -0.3 is 5.32 Å². The number of thiazole rings is 1. The topological polar surface area (TPSA) is 90.1 Å². The molecule has 5 N–H and O–H groups in total. The lowest BCUT2D eigenvalue weighted by Gasteiger charge is -2.28. The van der Waals surface area contributed by atoms with Crippen LogP contribution in [0.15, 0.2) is 24.3 Å². The Morgan fingerprint density at radius 2 is 2.00 bits per heavy atom. The molecule has 0 bridgehead atoms. The van der Waals surface area contributed by atoms with E-state index in [9.17, 15) is 4.79 Å². The first-order chi connectivity index (χ1) is 11.3. The van der Waals surface area contributed by atoms with Gasteiger partial charge in [-0.1, -0.05) is 25.0 Å². The lowest BCUT2D eigenvalue weighted by Crippen LogP contribution is -2.54. The summed E-state index contributed by atoms with van der Waals surface area (Å²) in [6.07, 6.45) is 4.44. The van der Waals surface area contributed by atoms with E-state index < -0.39 is 0 Å². The molecule has 1 aliphatic heterocycles. The smallest absolute Gasteiger partial charge is 0.228 e. The monoisotopic (exact) mass is 332 g/mol. The zero-order valence-electron chi connectivity index (χ0n) is 12.7. The highest BCUT2D eigenvalue weighted by molar-refractivity contribution is 7.18. The largest absolute Gasteiger partial charge is 0.326 e. The van der Waals surface area contributed by atoms with E-state index in [0.29, 0.717) is 6.42 Å². The minimum absolute atomic E-state index is 0.0877. The van der Waals surface area contributed by atoms with Crippen molar-refractivity contribution >= 4 is 27.5 Å². The van der Waals surface area contributed by atoms with Crippen molar-refractivity contribution in [1.29, 1.82) is 0 Å². The molecule has 0 radical (unpaired) electrons. The van der Waals surface area contributed by atoms with Gasteiger partial charge in [-0.05, 0) is 25.0 Å². The van der Waals surface area contributed by atoms with E-state index in [1.807, 2.05) is 18.2 Å². The molecule has 1 saturated heterocycles. The van der Waals surface area contributed by atoms with Crippen molar-refractivity contribution in [1.82, 2.24) is 32.2 Å². The van der Waals surface area contributed by atoms with Crippen LogP contribution >= 0.6 is 11.3 Å². The predicted molar refractivity (Wildman–Crippen MR) is 88.7 cm³/mol. The highest BCUT2D eigenvalue weighted by Crippen LogP contribution is 2.42. The Bertz CT molecular complexity index is 672. The first-order valence-electron chi connectivity index (χ1n) is 7.92. The predicted octanol–water partition coefficient (Wildman–Crippen LogP) is 0.916. The Balaban J connectivity index is 1.55. The van der Waals surface area contributed by atoms with Gasteiger partial charge in [0.2, 0.25) is 5.91 Å². The van der Waals surface area contributed by atoms with Crippen molar-refractivity contribution in [2.24, 2.45) is 5.41 Å². The Hall–Kier alpha value is -1.58. The maximum Gasteiger partial charge on any atom is 0.228 e. The molecule has 2 aliphatic rings. The van der Waals surface area contributed by atoms with E-state index in [4.69, 9.17) is 4.98 Å². The van der Waals surface area contributed by atoms with Crippen LogP contribution in [0.2, 0.25) is 0 Å². The SMILES string of the molecule is O=C(NC1NNNN1)C1(Cc2nc3ccccc3s2)CCCC1. The number of benzene rings is 1. The molecule has 7 nitrogen and oxygen atoms in total. The van der Waals surface area contributed by atoms with Crippen LogP contribution in [-0.2, 0) is 11.2 Å². The van der Waals surface area contributed by atoms with Gasteiger partial charge in [-0.15, -0.1) is 11.3 Å². The van der Waals surface area contributed by atoms with Gasteiger partial charge in [0, 0.05) is 6.42 Å². The summed E-state index contributed by atoms with van der Waals surface area (Å²) in [5.41, 5.74) is 11.9. The molecule has 0 unspecified atom stereocenters. The number of hydrogen-bond donors (Lipinski definition) is 5. The first kappa shape index (κ1) is 15.0. The molecule has 1 aliphatic carbocycles. The molecule has 23 heavy (non-hydrogen) atoms. The molecule has 122 valence electrons. The van der Waals surface area contributed by atoms with Crippen molar-refractivity contribution in [3.63, 3.8) is 0 Å². The molecule has 4 rings (SSSR count). The van der Waals surface area contributed by atoms with Crippen LogP contribution in [0, 0.1) is 5.41 Å². The summed E-state index contributed by atoms with van der Waals surface area (Å²) in [6, 6.07) is 8.14. The molecular weight excluding hydrogens is 312 g/mol. The average Bonchev–Trinajstić information content (AvgIpc) is 3.27. The fourth-order valence-corrected chi connectivity index (χ4v) is 4.54. The summed E-state index contributed by atoms with van der Waals surface area (Å²) < 4.78 is 1.18. The van der Waals surface area contributed by atoms with Crippen molar-refractivity contribution in [2.45, 2.75) is 38.4 Å². The van der Waals surface area contributed by atoms with Gasteiger partial charge in [-0.25, -0.2) is 15.8 Å². The second-order valence-corrected chi connectivity index (χ2v) is 7.30. The second-order valence-electron chi connectivity index (χ2n) is 6.18. The third-order valence-corrected chi connectivity index (χ3v) is 5.68. The Labute approximate surface area is 138 Å². The number of hydrogen-bond acceptors (Lipinski definition) is 7. The molecule has 0 atom stereocenters. The van der Waals surface area contributed by atoms with Crippen molar-refractivity contribution < 1.29 is 4.79 Å². The van der Waals surface area contributed by atoms with Crippen LogP contribution < -0.4 is 27.2 Å². The summed E-state index contributed by atoms with van der Waals surface area (Å²) in [4.78, 5) is 17.6. The van der Waals surface area contributed by atoms with Crippen LogP contribution in [0.3, 0.4) is 0 Å². The molecule has 1 aromatic heterocycles. The number of rotatable bonds is 4. The maximum atomic E-state index is 12.9. The third-order valence-electron chi connectivity index (χ3n) is 4.64. The van der Waals surface area contributed by atoms with Crippen LogP contribution in [0.1, 0.15) is 30.7 Å². The van der Waals surface area contributed by atoms with Gasteiger partial charge in [-0.2, -0.15) is 11.1 Å². The van der Waals surface area contributed by atoms with E-state index in [-0.39, 0.29) is 17.6 Å². The standard InChI is InChI=1S/C15H20N6OS/c22-13(17-14-18-20-21-19-14)15(7-3-4-8-15)9-12-16-10-5-1-2-6-11(10)23-12/h1-2,5-6,14,18-21H,3-4,7-9H2,(H,17,22). The summed E-state index contributed by atoms with van der Waals surface area (Å²) >= 11 is 1.70. The Kier molecular flexibility index (Phi) is 4.00. The van der Waals surface area contributed by atoms with Crippen LogP contribution in [0.4, 0.5) is 0 Å². The highest BCUT2D eigenvalue weighted by atomic mass is 32.1.